The van der Waals surface area contributed by atoms with Crippen LogP contribution in [0.15, 0.2) is 24.3 Å². The molecule has 2 rings (SSSR count). The Labute approximate surface area is 108 Å². The van der Waals surface area contributed by atoms with E-state index < -0.39 is 5.54 Å². The first-order chi connectivity index (χ1) is 8.64. The molecule has 0 saturated carbocycles. The minimum absolute atomic E-state index is 0.0236. The van der Waals surface area contributed by atoms with Crippen LogP contribution in [0.25, 0.3) is 0 Å². The highest BCUT2D eigenvalue weighted by molar-refractivity contribution is 5.98. The van der Waals surface area contributed by atoms with Crippen molar-refractivity contribution < 1.29 is 9.53 Å². The fraction of sp³-hybridized carbons (Fsp3) is 0.500. The smallest absolute Gasteiger partial charge is 0.244 e. The van der Waals surface area contributed by atoms with Gasteiger partial charge in [-0.25, -0.2) is 0 Å². The predicted molar refractivity (Wildman–Crippen MR) is 71.9 cm³/mol. The van der Waals surface area contributed by atoms with Gasteiger partial charge in [-0.15, -0.1) is 0 Å². The molecule has 0 aromatic heterocycles. The van der Waals surface area contributed by atoms with Crippen LogP contribution < -0.4 is 15.4 Å². The van der Waals surface area contributed by atoms with Crippen molar-refractivity contribution in [3.63, 3.8) is 0 Å². The van der Waals surface area contributed by atoms with Gasteiger partial charge < -0.3 is 15.4 Å². The maximum absolute atomic E-state index is 12.3. The summed E-state index contributed by atoms with van der Waals surface area (Å²) < 4.78 is 5.14. The molecule has 98 valence electrons. The second kappa shape index (κ2) is 5.40. The summed E-state index contributed by atoms with van der Waals surface area (Å²) in [6, 6.07) is 7.41. The van der Waals surface area contributed by atoms with Crippen molar-refractivity contribution in [2.75, 3.05) is 19.0 Å². The SMILES string of the molecule is COc1cccc(NC(=O)C2(C)CCCCN2)c1. The monoisotopic (exact) mass is 248 g/mol. The lowest BCUT2D eigenvalue weighted by atomic mass is 9.90. The number of rotatable bonds is 3. The number of piperidine rings is 1. The Hall–Kier alpha value is -1.55. The van der Waals surface area contributed by atoms with Crippen LogP contribution in [0, 0.1) is 0 Å². The molecule has 1 atom stereocenters. The summed E-state index contributed by atoms with van der Waals surface area (Å²) in [5.74, 6) is 0.769. The second-order valence-electron chi connectivity index (χ2n) is 4.90. The molecule has 1 aromatic carbocycles. The number of benzene rings is 1. The highest BCUT2D eigenvalue weighted by Crippen LogP contribution is 2.22. The van der Waals surface area contributed by atoms with E-state index in [-0.39, 0.29) is 5.91 Å². The maximum Gasteiger partial charge on any atom is 0.244 e. The van der Waals surface area contributed by atoms with Crippen molar-refractivity contribution in [3.8, 4) is 5.75 Å². The Morgan fingerprint density at radius 1 is 1.44 bits per heavy atom. The van der Waals surface area contributed by atoms with Crippen LogP contribution in [0.5, 0.6) is 5.75 Å². The average Bonchev–Trinajstić information content (AvgIpc) is 2.40. The minimum Gasteiger partial charge on any atom is -0.497 e. The topological polar surface area (TPSA) is 50.4 Å². The van der Waals surface area contributed by atoms with Gasteiger partial charge in [-0.2, -0.15) is 0 Å². The van der Waals surface area contributed by atoms with Crippen LogP contribution in [0.2, 0.25) is 0 Å². The number of ether oxygens (including phenoxy) is 1. The molecule has 2 N–H and O–H groups in total. The lowest BCUT2D eigenvalue weighted by Crippen LogP contribution is -2.54. The molecule has 1 aliphatic heterocycles. The fourth-order valence-corrected chi connectivity index (χ4v) is 2.22. The Bertz CT molecular complexity index is 426. The van der Waals surface area contributed by atoms with Gasteiger partial charge in [0.2, 0.25) is 5.91 Å². The molecule has 0 bridgehead atoms. The summed E-state index contributed by atoms with van der Waals surface area (Å²) in [5.41, 5.74) is 0.314. The number of methoxy groups -OCH3 is 1. The van der Waals surface area contributed by atoms with Gasteiger partial charge in [0.05, 0.1) is 12.6 Å². The quantitative estimate of drug-likeness (QED) is 0.862. The van der Waals surface area contributed by atoms with E-state index in [1.165, 1.54) is 0 Å². The molecular formula is C14H20N2O2. The molecule has 1 aromatic rings. The summed E-state index contributed by atoms with van der Waals surface area (Å²) in [4.78, 5) is 12.3. The lowest BCUT2D eigenvalue weighted by Gasteiger charge is -2.33. The zero-order chi connectivity index (χ0) is 13.0. The number of amides is 1. The third-order valence-electron chi connectivity index (χ3n) is 3.45. The van der Waals surface area contributed by atoms with Crippen molar-refractivity contribution in [2.45, 2.75) is 31.7 Å². The standard InChI is InChI=1S/C14H20N2O2/c1-14(8-3-4-9-15-14)13(17)16-11-6-5-7-12(10-11)18-2/h5-7,10,15H,3-4,8-9H2,1-2H3,(H,16,17). The normalized spacial score (nSPS) is 23.4. The van der Waals surface area contributed by atoms with Crippen LogP contribution in [0.3, 0.4) is 0 Å². The lowest BCUT2D eigenvalue weighted by molar-refractivity contribution is -0.122. The highest BCUT2D eigenvalue weighted by Gasteiger charge is 2.34. The zero-order valence-electron chi connectivity index (χ0n) is 11.0. The van der Waals surface area contributed by atoms with E-state index in [0.717, 1.165) is 37.2 Å². The van der Waals surface area contributed by atoms with Gasteiger partial charge in [-0.1, -0.05) is 6.07 Å². The van der Waals surface area contributed by atoms with Crippen molar-refractivity contribution in [3.05, 3.63) is 24.3 Å². The summed E-state index contributed by atoms with van der Waals surface area (Å²) in [5, 5.41) is 6.25. The second-order valence-corrected chi connectivity index (χ2v) is 4.90. The number of carbonyl (C=O) groups is 1. The number of hydrogen-bond acceptors (Lipinski definition) is 3. The molecule has 18 heavy (non-hydrogen) atoms. The van der Waals surface area contributed by atoms with Crippen molar-refractivity contribution in [2.24, 2.45) is 0 Å². The van der Waals surface area contributed by atoms with Gasteiger partial charge in [0.1, 0.15) is 5.75 Å². The number of hydrogen-bond donors (Lipinski definition) is 2. The predicted octanol–water partition coefficient (Wildman–Crippen LogP) is 2.17. The molecule has 1 heterocycles. The molecular weight excluding hydrogens is 228 g/mol. The van der Waals surface area contributed by atoms with E-state index in [2.05, 4.69) is 10.6 Å². The Morgan fingerprint density at radius 3 is 2.94 bits per heavy atom. The van der Waals surface area contributed by atoms with Gasteiger partial charge in [-0.3, -0.25) is 4.79 Å². The van der Waals surface area contributed by atoms with Crippen LogP contribution in [-0.4, -0.2) is 25.1 Å². The third-order valence-corrected chi connectivity index (χ3v) is 3.45. The number of carbonyl (C=O) groups excluding carboxylic acids is 1. The average molecular weight is 248 g/mol. The largest absolute Gasteiger partial charge is 0.497 e. The number of anilines is 1. The van der Waals surface area contributed by atoms with E-state index in [1.54, 1.807) is 7.11 Å². The van der Waals surface area contributed by atoms with E-state index >= 15 is 0 Å². The van der Waals surface area contributed by atoms with E-state index in [1.807, 2.05) is 31.2 Å². The highest BCUT2D eigenvalue weighted by atomic mass is 16.5. The number of nitrogens with one attached hydrogen (secondary N) is 2. The molecule has 4 nitrogen and oxygen atoms in total. The van der Waals surface area contributed by atoms with Crippen molar-refractivity contribution >= 4 is 11.6 Å². The molecule has 1 unspecified atom stereocenters. The van der Waals surface area contributed by atoms with Crippen LogP contribution >= 0.6 is 0 Å². The van der Waals surface area contributed by atoms with Gasteiger partial charge >= 0.3 is 0 Å². The van der Waals surface area contributed by atoms with Gasteiger partial charge in [0, 0.05) is 11.8 Å². The molecule has 1 saturated heterocycles. The fourth-order valence-electron chi connectivity index (χ4n) is 2.22. The van der Waals surface area contributed by atoms with Gasteiger partial charge in [0.25, 0.3) is 0 Å². The van der Waals surface area contributed by atoms with Crippen LogP contribution in [0.1, 0.15) is 26.2 Å². The molecule has 1 fully saturated rings. The Morgan fingerprint density at radius 2 is 2.28 bits per heavy atom. The van der Waals surface area contributed by atoms with Crippen molar-refractivity contribution in [1.29, 1.82) is 0 Å². The summed E-state index contributed by atoms with van der Waals surface area (Å²) >= 11 is 0. The zero-order valence-corrected chi connectivity index (χ0v) is 11.0. The Kier molecular flexibility index (Phi) is 3.87. The molecule has 0 spiro atoms. The van der Waals surface area contributed by atoms with E-state index in [4.69, 9.17) is 4.74 Å². The van der Waals surface area contributed by atoms with Crippen LogP contribution in [-0.2, 0) is 4.79 Å². The van der Waals surface area contributed by atoms with E-state index in [0.29, 0.717) is 0 Å². The molecule has 4 heteroatoms. The minimum atomic E-state index is -0.457. The third kappa shape index (κ3) is 2.82. The maximum atomic E-state index is 12.3. The molecule has 0 aliphatic carbocycles. The van der Waals surface area contributed by atoms with E-state index in [9.17, 15) is 4.79 Å². The molecule has 0 radical (unpaired) electrons. The summed E-state index contributed by atoms with van der Waals surface area (Å²) in [7, 11) is 1.62. The van der Waals surface area contributed by atoms with Crippen LogP contribution in [0.4, 0.5) is 5.69 Å². The van der Waals surface area contributed by atoms with Gasteiger partial charge in [0.15, 0.2) is 0 Å². The van der Waals surface area contributed by atoms with Gasteiger partial charge in [-0.05, 0) is 44.9 Å². The summed E-state index contributed by atoms with van der Waals surface area (Å²) in [6.07, 6.45) is 3.11. The molecule has 1 aliphatic rings. The first kappa shape index (κ1) is 12.9. The van der Waals surface area contributed by atoms with Crippen molar-refractivity contribution in [1.82, 2.24) is 5.32 Å². The first-order valence-corrected chi connectivity index (χ1v) is 6.34. The Balaban J connectivity index is 2.05. The molecule has 1 amide bonds. The first-order valence-electron chi connectivity index (χ1n) is 6.34. The summed E-state index contributed by atoms with van der Waals surface area (Å²) in [6.45, 7) is 2.86.